The zero-order chi connectivity index (χ0) is 27.7. The maximum atomic E-state index is 13.7. The molecule has 3 N–H and O–H groups in total. The number of hydrogen-bond acceptors (Lipinski definition) is 7. The van der Waals surface area contributed by atoms with Crippen LogP contribution >= 0.6 is 22.7 Å². The lowest BCUT2D eigenvalue weighted by Crippen LogP contribution is -2.16. The second-order valence-electron chi connectivity index (χ2n) is 8.66. The van der Waals surface area contributed by atoms with Crippen LogP contribution in [0.15, 0.2) is 59.0 Å². The summed E-state index contributed by atoms with van der Waals surface area (Å²) >= 11 is 2.25. The van der Waals surface area contributed by atoms with E-state index < -0.39 is 23.9 Å². The number of alkyl halides is 2. The van der Waals surface area contributed by atoms with Crippen molar-refractivity contribution in [3.05, 3.63) is 87.1 Å². The molecule has 0 atom stereocenters. The largest absolute Gasteiger partial charge is 0.486 e. The Balaban J connectivity index is 1.46. The number of ether oxygens (including phenoxy) is 1. The average Bonchev–Trinajstić information content (AvgIpc) is 3.66. The van der Waals surface area contributed by atoms with E-state index in [1.54, 1.807) is 12.1 Å². The van der Waals surface area contributed by atoms with Crippen molar-refractivity contribution in [2.75, 3.05) is 5.32 Å². The van der Waals surface area contributed by atoms with Gasteiger partial charge in [0, 0.05) is 20.7 Å². The molecule has 5 rings (SSSR count). The van der Waals surface area contributed by atoms with E-state index in [0.29, 0.717) is 27.3 Å². The molecular weight excluding hydrogens is 544 g/mol. The number of anilines is 1. The molecule has 5 aromatic rings. The number of nitrogens with two attached hydrogens (primary N) is 1. The van der Waals surface area contributed by atoms with Crippen molar-refractivity contribution in [1.82, 2.24) is 4.98 Å². The Labute approximate surface area is 230 Å². The number of fused-ring (bicyclic) bond motifs is 1. The van der Waals surface area contributed by atoms with E-state index >= 15 is 0 Å². The third kappa shape index (κ3) is 5.55. The van der Waals surface area contributed by atoms with E-state index in [1.165, 1.54) is 29.0 Å². The van der Waals surface area contributed by atoms with Crippen molar-refractivity contribution in [1.29, 1.82) is 0 Å². The quantitative estimate of drug-likeness (QED) is 0.194. The fourth-order valence-corrected chi connectivity index (χ4v) is 5.93. The van der Waals surface area contributed by atoms with Gasteiger partial charge in [-0.05, 0) is 61.4 Å². The number of aromatic nitrogens is 1. The number of halogens is 2. The number of amides is 2. The van der Waals surface area contributed by atoms with Crippen LogP contribution in [0.1, 0.15) is 55.5 Å². The Bertz CT molecular complexity index is 1670. The second kappa shape index (κ2) is 11.0. The minimum absolute atomic E-state index is 0.00238. The highest BCUT2D eigenvalue weighted by molar-refractivity contribution is 7.21. The molecule has 4 aromatic heterocycles. The predicted molar refractivity (Wildman–Crippen MR) is 148 cm³/mol. The summed E-state index contributed by atoms with van der Waals surface area (Å²) in [5.74, 6) is -0.388. The Morgan fingerprint density at radius 1 is 1.10 bits per heavy atom. The summed E-state index contributed by atoms with van der Waals surface area (Å²) in [6.07, 6.45) is -1.90. The first-order valence-electron chi connectivity index (χ1n) is 12.0. The van der Waals surface area contributed by atoms with Gasteiger partial charge in [0.2, 0.25) is 0 Å². The number of aryl methyl sites for hydroxylation is 2. The van der Waals surface area contributed by atoms with Crippen molar-refractivity contribution in [2.24, 2.45) is 5.73 Å². The van der Waals surface area contributed by atoms with Gasteiger partial charge in [-0.1, -0.05) is 19.1 Å². The van der Waals surface area contributed by atoms with Crippen molar-refractivity contribution >= 4 is 50.4 Å². The summed E-state index contributed by atoms with van der Waals surface area (Å²) in [5.41, 5.74) is 6.89. The van der Waals surface area contributed by atoms with Gasteiger partial charge in [0.1, 0.15) is 33.5 Å². The molecule has 11 heteroatoms. The third-order valence-electron chi connectivity index (χ3n) is 5.97. The standard InChI is InChI=1S/C28H23F2N3O4S2/c1-3-15-5-7-16(8-6-15)36-13-17-9-10-20(37-17)27(35)33-23-22-18(21-11-4-14(2)38-21)12-19(25(29)30)32-28(22)39-24(23)26(31)34/h4-12,25H,3,13H2,1-2H3,(H2,31,34)(H,33,35). The zero-order valence-corrected chi connectivity index (χ0v) is 22.6. The van der Waals surface area contributed by atoms with Crippen LogP contribution in [0.3, 0.4) is 0 Å². The molecule has 200 valence electrons. The van der Waals surface area contributed by atoms with Crippen LogP contribution in [0.25, 0.3) is 20.7 Å². The fourth-order valence-electron chi connectivity index (χ4n) is 4.02. The number of furan rings is 1. The van der Waals surface area contributed by atoms with Crippen molar-refractivity contribution < 1.29 is 27.5 Å². The monoisotopic (exact) mass is 567 g/mol. The molecule has 1 aromatic carbocycles. The number of rotatable bonds is 9. The number of nitrogens with zero attached hydrogens (tertiary/aromatic N) is 1. The third-order valence-corrected chi connectivity index (χ3v) is 8.10. The van der Waals surface area contributed by atoms with E-state index in [1.807, 2.05) is 37.3 Å². The Kier molecular flexibility index (Phi) is 7.45. The van der Waals surface area contributed by atoms with Crippen LogP contribution in [-0.4, -0.2) is 16.8 Å². The van der Waals surface area contributed by atoms with Gasteiger partial charge >= 0.3 is 0 Å². The van der Waals surface area contributed by atoms with Gasteiger partial charge in [-0.15, -0.1) is 22.7 Å². The van der Waals surface area contributed by atoms with Gasteiger partial charge in [-0.3, -0.25) is 9.59 Å². The molecular formula is C28H23F2N3O4S2. The number of hydrogen-bond donors (Lipinski definition) is 2. The summed E-state index contributed by atoms with van der Waals surface area (Å²) in [5, 5.41) is 3.07. The van der Waals surface area contributed by atoms with Crippen LogP contribution < -0.4 is 15.8 Å². The predicted octanol–water partition coefficient (Wildman–Crippen LogP) is 7.36. The molecule has 0 radical (unpaired) electrons. The number of carbonyl (C=O) groups is 2. The second-order valence-corrected chi connectivity index (χ2v) is 10.9. The van der Waals surface area contributed by atoms with E-state index in [4.69, 9.17) is 14.9 Å². The number of carbonyl (C=O) groups excluding carboxylic acids is 2. The van der Waals surface area contributed by atoms with Gasteiger partial charge in [-0.25, -0.2) is 13.8 Å². The highest BCUT2D eigenvalue weighted by Crippen LogP contribution is 2.44. The molecule has 0 spiro atoms. The van der Waals surface area contributed by atoms with Crippen molar-refractivity contribution in [3.8, 4) is 16.2 Å². The van der Waals surface area contributed by atoms with Gasteiger partial charge in [-0.2, -0.15) is 0 Å². The van der Waals surface area contributed by atoms with Gasteiger partial charge in [0.25, 0.3) is 18.2 Å². The molecule has 7 nitrogen and oxygen atoms in total. The molecule has 0 saturated carbocycles. The van der Waals surface area contributed by atoms with Crippen molar-refractivity contribution in [3.63, 3.8) is 0 Å². The van der Waals surface area contributed by atoms with Crippen LogP contribution in [0.4, 0.5) is 14.5 Å². The summed E-state index contributed by atoms with van der Waals surface area (Å²) in [6, 6.07) is 15.7. The number of primary amides is 1. The smallest absolute Gasteiger partial charge is 0.291 e. The van der Waals surface area contributed by atoms with Gasteiger partial charge in [0.15, 0.2) is 5.76 Å². The van der Waals surface area contributed by atoms with Gasteiger partial charge < -0.3 is 20.2 Å². The van der Waals surface area contributed by atoms with Crippen LogP contribution in [-0.2, 0) is 13.0 Å². The average molecular weight is 568 g/mol. The summed E-state index contributed by atoms with van der Waals surface area (Å²) in [7, 11) is 0. The van der Waals surface area contributed by atoms with E-state index in [9.17, 15) is 18.4 Å². The number of pyridine rings is 1. The lowest BCUT2D eigenvalue weighted by Gasteiger charge is -2.09. The SMILES string of the molecule is CCc1ccc(OCc2ccc(C(=O)Nc3c(C(N)=O)sc4nc(C(F)F)cc(-c5ccc(C)s5)c34)o2)cc1. The highest BCUT2D eigenvalue weighted by Gasteiger charge is 2.26. The van der Waals surface area contributed by atoms with Crippen LogP contribution in [0.2, 0.25) is 0 Å². The Morgan fingerprint density at radius 3 is 2.51 bits per heavy atom. The normalized spacial score (nSPS) is 11.3. The number of thiophene rings is 2. The first-order valence-corrected chi connectivity index (χ1v) is 13.6. The van der Waals surface area contributed by atoms with Crippen LogP contribution in [0, 0.1) is 6.92 Å². The summed E-state index contributed by atoms with van der Waals surface area (Å²) < 4.78 is 38.7. The lowest BCUT2D eigenvalue weighted by atomic mass is 10.1. The number of nitrogens with one attached hydrogen (secondary N) is 1. The molecule has 2 amide bonds. The topological polar surface area (TPSA) is 107 Å². The molecule has 4 heterocycles. The first kappa shape index (κ1) is 26.5. The summed E-state index contributed by atoms with van der Waals surface area (Å²) in [6.45, 7) is 4.07. The number of benzene rings is 1. The Morgan fingerprint density at radius 2 is 1.87 bits per heavy atom. The maximum Gasteiger partial charge on any atom is 0.291 e. The first-order chi connectivity index (χ1) is 18.7. The van der Waals surface area contributed by atoms with E-state index in [2.05, 4.69) is 17.2 Å². The van der Waals surface area contributed by atoms with Gasteiger partial charge in [0.05, 0.1) is 5.69 Å². The van der Waals surface area contributed by atoms with Crippen LogP contribution in [0.5, 0.6) is 5.75 Å². The molecule has 0 unspecified atom stereocenters. The van der Waals surface area contributed by atoms with Crippen molar-refractivity contribution in [2.45, 2.75) is 33.3 Å². The maximum absolute atomic E-state index is 13.7. The highest BCUT2D eigenvalue weighted by atomic mass is 32.1. The van der Waals surface area contributed by atoms with E-state index in [-0.39, 0.29) is 27.8 Å². The molecule has 0 aliphatic rings. The molecule has 0 aliphatic heterocycles. The minimum Gasteiger partial charge on any atom is -0.486 e. The minimum atomic E-state index is -2.82. The lowest BCUT2D eigenvalue weighted by molar-refractivity contribution is 0.0992. The molecule has 0 saturated heterocycles. The van der Waals surface area contributed by atoms with E-state index in [0.717, 1.165) is 22.6 Å². The molecule has 0 aliphatic carbocycles. The summed E-state index contributed by atoms with van der Waals surface area (Å²) in [4.78, 5) is 31.4. The fraction of sp³-hybridized carbons (Fsp3) is 0.179. The molecule has 39 heavy (non-hydrogen) atoms. The molecule has 0 bridgehead atoms. The molecule has 0 fully saturated rings. The zero-order valence-electron chi connectivity index (χ0n) is 20.9. The Hall–Kier alpha value is -4.09.